The molecule has 290 valence electrons. The summed E-state index contributed by atoms with van der Waals surface area (Å²) in [5.74, 6) is -4.48. The van der Waals surface area contributed by atoms with E-state index < -0.39 is 97.1 Å². The second-order valence-corrected chi connectivity index (χ2v) is 16.6. The lowest BCUT2D eigenvalue weighted by molar-refractivity contribution is -0.392. The lowest BCUT2D eigenvalue weighted by Crippen LogP contribution is -2.58. The average Bonchev–Trinajstić information content (AvgIpc) is 3.52. The first-order chi connectivity index (χ1) is 24.4. The molecule has 2 aliphatic rings. The van der Waals surface area contributed by atoms with Crippen molar-refractivity contribution < 1.29 is 62.6 Å². The minimum atomic E-state index is -6.25. The number of piperidine rings is 1. The van der Waals surface area contributed by atoms with Gasteiger partial charge in [0.1, 0.15) is 27.8 Å². The molecule has 0 aliphatic carbocycles. The van der Waals surface area contributed by atoms with E-state index in [0.717, 1.165) is 47.4 Å². The Morgan fingerprint density at radius 3 is 1.81 bits per heavy atom. The molecule has 1 N–H and O–H groups in total. The minimum Gasteiger partial charge on any atom is -0.380 e. The second kappa shape index (κ2) is 13.9. The minimum absolute atomic E-state index is 0.0137. The first kappa shape index (κ1) is 40.5. The van der Waals surface area contributed by atoms with E-state index in [9.17, 15) is 57.8 Å². The maximum Gasteiger partial charge on any atom is 0.430 e. The van der Waals surface area contributed by atoms with Crippen LogP contribution in [0.2, 0.25) is 0 Å². The van der Waals surface area contributed by atoms with Crippen LogP contribution in [0.4, 0.5) is 39.5 Å². The second-order valence-electron chi connectivity index (χ2n) is 14.4. The Kier molecular flexibility index (Phi) is 10.6. The van der Waals surface area contributed by atoms with Crippen molar-refractivity contribution in [3.05, 3.63) is 101 Å². The Morgan fingerprint density at radius 1 is 0.792 bits per heavy atom. The number of nitrogens with zero attached hydrogens (tertiary/aromatic N) is 2. The summed E-state index contributed by atoms with van der Waals surface area (Å²) in [5.41, 5.74) is -10.3. The van der Waals surface area contributed by atoms with Crippen molar-refractivity contribution in [3.63, 3.8) is 0 Å². The van der Waals surface area contributed by atoms with E-state index in [1.807, 2.05) is 20.8 Å². The fourth-order valence-electron chi connectivity index (χ4n) is 7.05. The Hall–Kier alpha value is -3.67. The van der Waals surface area contributed by atoms with Gasteiger partial charge in [-0.2, -0.15) is 26.3 Å². The summed E-state index contributed by atoms with van der Waals surface area (Å²) < 4.78 is 161. The Morgan fingerprint density at radius 2 is 1.32 bits per heavy atom. The monoisotopic (exact) mass is 780 g/mol. The van der Waals surface area contributed by atoms with Crippen molar-refractivity contribution in [2.24, 2.45) is 0 Å². The summed E-state index contributed by atoms with van der Waals surface area (Å²) in [5, 5.41) is 11.4. The number of rotatable bonds is 8. The molecule has 0 spiro atoms. The van der Waals surface area contributed by atoms with Crippen LogP contribution in [0.1, 0.15) is 56.7 Å². The molecule has 2 fully saturated rings. The summed E-state index contributed by atoms with van der Waals surface area (Å²) in [7, 11) is -4.69. The number of likely N-dealkylation sites (tertiary alicyclic amines) is 2. The number of benzene rings is 3. The molecule has 17 heteroatoms. The van der Waals surface area contributed by atoms with E-state index in [4.69, 9.17) is 0 Å². The van der Waals surface area contributed by atoms with E-state index in [0.29, 0.717) is 37.4 Å². The highest BCUT2D eigenvalue weighted by molar-refractivity contribution is 7.92. The number of ether oxygens (including phenoxy) is 1. The van der Waals surface area contributed by atoms with Gasteiger partial charge in [0, 0.05) is 42.8 Å². The third-order valence-corrected chi connectivity index (χ3v) is 12.7. The van der Waals surface area contributed by atoms with Crippen LogP contribution < -0.4 is 0 Å². The molecule has 0 bridgehead atoms. The van der Waals surface area contributed by atoms with Crippen molar-refractivity contribution in [2.45, 2.75) is 85.4 Å². The lowest BCUT2D eigenvalue weighted by atomic mass is 9.87. The molecule has 0 unspecified atom stereocenters. The number of halogens is 9. The van der Waals surface area contributed by atoms with E-state index in [-0.39, 0.29) is 30.5 Å². The molecule has 0 aromatic heterocycles. The van der Waals surface area contributed by atoms with Gasteiger partial charge >= 0.3 is 12.4 Å². The van der Waals surface area contributed by atoms with Crippen LogP contribution in [0.3, 0.4) is 0 Å². The Balaban J connectivity index is 1.57. The van der Waals surface area contributed by atoms with Crippen LogP contribution in [0.25, 0.3) is 0 Å². The molecular weight excluding hydrogens is 743 g/mol. The highest BCUT2D eigenvalue weighted by atomic mass is 32.2. The molecule has 1 amide bonds. The summed E-state index contributed by atoms with van der Waals surface area (Å²) in [6, 6.07) is 7.86. The fraction of sp³-hybridized carbons (Fsp3) is 0.472. The van der Waals surface area contributed by atoms with Gasteiger partial charge in [0.15, 0.2) is 9.84 Å². The maximum atomic E-state index is 14.6. The number of alkyl halides is 6. The Bertz CT molecular complexity index is 1890. The van der Waals surface area contributed by atoms with Crippen molar-refractivity contribution in [2.75, 3.05) is 26.2 Å². The third kappa shape index (κ3) is 7.16. The van der Waals surface area contributed by atoms with Gasteiger partial charge in [-0.1, -0.05) is 30.3 Å². The van der Waals surface area contributed by atoms with Crippen molar-refractivity contribution in [1.29, 1.82) is 0 Å². The summed E-state index contributed by atoms with van der Waals surface area (Å²) in [6.07, 6.45) is -12.9. The molecule has 2 saturated heterocycles. The average molecular weight is 781 g/mol. The molecular formula is C36H37F9N2O5S. The van der Waals surface area contributed by atoms with Gasteiger partial charge in [-0.15, -0.1) is 0 Å². The predicted molar refractivity (Wildman–Crippen MR) is 173 cm³/mol. The van der Waals surface area contributed by atoms with E-state index in [1.165, 1.54) is 0 Å². The molecule has 5 rings (SSSR count). The molecule has 1 atom stereocenters. The summed E-state index contributed by atoms with van der Waals surface area (Å²) in [4.78, 5) is 16.6. The Labute approximate surface area is 300 Å². The van der Waals surface area contributed by atoms with Gasteiger partial charge in [0.05, 0.1) is 11.5 Å². The molecule has 0 radical (unpaired) electrons. The largest absolute Gasteiger partial charge is 0.430 e. The van der Waals surface area contributed by atoms with Crippen LogP contribution in [-0.4, -0.2) is 78.9 Å². The van der Waals surface area contributed by atoms with Gasteiger partial charge in [-0.3, -0.25) is 9.69 Å². The van der Waals surface area contributed by atoms with Gasteiger partial charge in [-0.25, -0.2) is 21.6 Å². The number of carbonyl (C=O) groups excluding carboxylic acids is 1. The maximum absolute atomic E-state index is 14.6. The van der Waals surface area contributed by atoms with Crippen molar-refractivity contribution in [3.8, 4) is 0 Å². The topological polar surface area (TPSA) is 87.2 Å². The van der Waals surface area contributed by atoms with Gasteiger partial charge in [0.25, 0.3) is 11.5 Å². The fourth-order valence-corrected chi connectivity index (χ4v) is 9.13. The van der Waals surface area contributed by atoms with Crippen LogP contribution in [-0.2, 0) is 36.3 Å². The van der Waals surface area contributed by atoms with Crippen LogP contribution in [0.5, 0.6) is 0 Å². The first-order valence-corrected chi connectivity index (χ1v) is 18.0. The zero-order chi connectivity index (χ0) is 39.4. The van der Waals surface area contributed by atoms with Crippen LogP contribution in [0, 0.1) is 17.5 Å². The molecule has 3 aromatic carbocycles. The molecule has 2 heterocycles. The normalized spacial score (nSPS) is 20.5. The standard InChI is InChI=1S/C36H37F9N2O5S/c1-31(2,3)47-19-15-32(49,16-20-47)30(48)46-18-17-33(22-46,53(50,51)26-13-11-25(37)12-14-26)23-7-9-24(10-8-23)34(35(40,41)42,36(43,44)45)52-21-27-28(38)5-4-6-29(27)39/h4-14,49H,15-22H2,1-3H3/t33-/m0/s1. The molecule has 3 aromatic rings. The van der Waals surface area contributed by atoms with Crippen LogP contribution >= 0.6 is 0 Å². The van der Waals surface area contributed by atoms with E-state index in [1.54, 1.807) is 0 Å². The number of carbonyl (C=O) groups is 1. The third-order valence-electron chi connectivity index (χ3n) is 10.2. The summed E-state index contributed by atoms with van der Waals surface area (Å²) >= 11 is 0. The predicted octanol–water partition coefficient (Wildman–Crippen LogP) is 7.17. The smallest absolute Gasteiger partial charge is 0.380 e. The molecule has 0 saturated carbocycles. The van der Waals surface area contributed by atoms with Crippen molar-refractivity contribution >= 4 is 15.7 Å². The number of hydrogen-bond donors (Lipinski definition) is 1. The quantitative estimate of drug-likeness (QED) is 0.193. The molecule has 2 aliphatic heterocycles. The van der Waals surface area contributed by atoms with Gasteiger partial charge in [0.2, 0.25) is 0 Å². The SMILES string of the molecule is CC(C)(C)N1CCC(O)(C(=O)N2CC[C@](c3ccc(C(OCc4c(F)cccc4F)(C(F)(F)F)C(F)(F)F)cc3)(S(=O)(=O)c3ccc(F)cc3)C2)CC1. The molecule has 7 nitrogen and oxygen atoms in total. The number of sulfone groups is 1. The zero-order valence-electron chi connectivity index (χ0n) is 28.8. The molecule has 53 heavy (non-hydrogen) atoms. The van der Waals surface area contributed by atoms with Gasteiger partial charge < -0.3 is 14.7 Å². The first-order valence-electron chi connectivity index (χ1n) is 16.5. The highest BCUT2D eigenvalue weighted by Gasteiger charge is 2.73. The lowest BCUT2D eigenvalue weighted by Gasteiger charge is -2.44. The summed E-state index contributed by atoms with van der Waals surface area (Å²) in [6.45, 7) is 3.86. The van der Waals surface area contributed by atoms with E-state index in [2.05, 4.69) is 9.64 Å². The highest BCUT2D eigenvalue weighted by Crippen LogP contribution is 2.54. The number of aliphatic hydroxyl groups is 1. The van der Waals surface area contributed by atoms with Crippen LogP contribution in [0.15, 0.2) is 71.6 Å². The van der Waals surface area contributed by atoms with E-state index >= 15 is 0 Å². The van der Waals surface area contributed by atoms with Gasteiger partial charge in [-0.05, 0) is 82.0 Å². The van der Waals surface area contributed by atoms with Crippen molar-refractivity contribution in [1.82, 2.24) is 9.80 Å². The zero-order valence-corrected chi connectivity index (χ0v) is 29.6. The number of amides is 1. The number of hydrogen-bond acceptors (Lipinski definition) is 6.